The van der Waals surface area contributed by atoms with Crippen molar-refractivity contribution in [2.24, 2.45) is 0 Å². The minimum atomic E-state index is -0.0905. The molecule has 0 aliphatic rings. The van der Waals surface area contributed by atoms with Crippen LogP contribution in [0.2, 0.25) is 0 Å². The molecule has 0 fully saturated rings. The average Bonchev–Trinajstić information content (AvgIpc) is 3.09. The zero-order valence-corrected chi connectivity index (χ0v) is 18.9. The number of carbonyl (C=O) groups excluding carboxylic acids is 1. The van der Waals surface area contributed by atoms with Gasteiger partial charge in [-0.3, -0.25) is 4.79 Å². The van der Waals surface area contributed by atoms with E-state index in [9.17, 15) is 4.79 Å². The Kier molecular flexibility index (Phi) is 6.84. The number of anilines is 1. The first-order valence-electron chi connectivity index (χ1n) is 10.0. The van der Waals surface area contributed by atoms with Crippen LogP contribution in [0.3, 0.4) is 0 Å². The van der Waals surface area contributed by atoms with Crippen molar-refractivity contribution in [3.63, 3.8) is 0 Å². The van der Waals surface area contributed by atoms with Gasteiger partial charge in [-0.2, -0.15) is 0 Å². The van der Waals surface area contributed by atoms with Crippen LogP contribution in [0.4, 0.5) is 5.69 Å². The summed E-state index contributed by atoms with van der Waals surface area (Å²) < 4.78 is 16.5. The third kappa shape index (κ3) is 5.17. The second kappa shape index (κ2) is 9.55. The lowest BCUT2D eigenvalue weighted by Crippen LogP contribution is -2.26. The zero-order chi connectivity index (χ0) is 22.5. The van der Waals surface area contributed by atoms with Gasteiger partial charge in [-0.25, -0.2) is 0 Å². The Morgan fingerprint density at radius 2 is 1.74 bits per heavy atom. The largest absolute Gasteiger partial charge is 0.493 e. The summed E-state index contributed by atoms with van der Waals surface area (Å²) in [6, 6.07) is 13.4. The summed E-state index contributed by atoms with van der Waals surface area (Å²) in [4.78, 5) is 16.7. The van der Waals surface area contributed by atoms with Gasteiger partial charge < -0.3 is 23.8 Å². The highest BCUT2D eigenvalue weighted by Gasteiger charge is 2.17. The highest BCUT2D eigenvalue weighted by Crippen LogP contribution is 2.30. The lowest BCUT2D eigenvalue weighted by atomic mass is 10.1. The molecule has 0 atom stereocenters. The summed E-state index contributed by atoms with van der Waals surface area (Å²) in [5.74, 6) is 1.69. The van der Waals surface area contributed by atoms with Gasteiger partial charge in [0.1, 0.15) is 12.4 Å². The molecule has 0 saturated heterocycles. The number of rotatable bonds is 8. The standard InChI is InChI=1S/C24H29N3O4/c1-16-21(17(2)31-25-16)15-30-22-12-9-19(13-23(22)29-6)24(28)27(5)14-18-7-10-20(11-8-18)26(3)4/h7-13H,14-15H2,1-6H3. The number of benzene rings is 2. The minimum absolute atomic E-state index is 0.0905. The van der Waals surface area contributed by atoms with Gasteiger partial charge in [0.05, 0.1) is 18.4 Å². The van der Waals surface area contributed by atoms with Crippen molar-refractivity contribution in [2.45, 2.75) is 27.0 Å². The molecule has 0 spiro atoms. The summed E-state index contributed by atoms with van der Waals surface area (Å²) in [7, 11) is 7.35. The van der Waals surface area contributed by atoms with E-state index in [0.29, 0.717) is 30.2 Å². The number of aryl methyl sites for hydroxylation is 2. The Bertz CT molecular complexity index is 1020. The molecule has 0 bridgehead atoms. The van der Waals surface area contributed by atoms with Crippen LogP contribution in [0.1, 0.15) is 32.9 Å². The maximum absolute atomic E-state index is 12.9. The second-order valence-electron chi connectivity index (χ2n) is 7.68. The van der Waals surface area contributed by atoms with Crippen LogP contribution < -0.4 is 14.4 Å². The molecule has 164 valence electrons. The summed E-state index contributed by atoms with van der Waals surface area (Å²) in [5.41, 5.74) is 4.42. The molecule has 31 heavy (non-hydrogen) atoms. The average molecular weight is 424 g/mol. The van der Waals surface area contributed by atoms with E-state index in [2.05, 4.69) is 5.16 Å². The van der Waals surface area contributed by atoms with Crippen LogP contribution in [0.15, 0.2) is 47.0 Å². The Morgan fingerprint density at radius 1 is 1.03 bits per heavy atom. The molecule has 7 nitrogen and oxygen atoms in total. The molecule has 0 N–H and O–H groups in total. The lowest BCUT2D eigenvalue weighted by molar-refractivity contribution is 0.0784. The van der Waals surface area contributed by atoms with Crippen LogP contribution >= 0.6 is 0 Å². The third-order valence-electron chi connectivity index (χ3n) is 5.18. The van der Waals surface area contributed by atoms with E-state index in [1.807, 2.05) is 57.1 Å². The predicted octanol–water partition coefficient (Wildman–Crippen LogP) is 4.22. The molecule has 7 heteroatoms. The van der Waals surface area contributed by atoms with E-state index < -0.39 is 0 Å². The first-order chi connectivity index (χ1) is 14.8. The van der Waals surface area contributed by atoms with Gasteiger partial charge in [-0.1, -0.05) is 17.3 Å². The van der Waals surface area contributed by atoms with Crippen molar-refractivity contribution in [3.8, 4) is 11.5 Å². The first kappa shape index (κ1) is 22.2. The number of nitrogens with zero attached hydrogens (tertiary/aromatic N) is 3. The van der Waals surface area contributed by atoms with Crippen molar-refractivity contribution >= 4 is 11.6 Å². The fourth-order valence-electron chi connectivity index (χ4n) is 3.24. The molecular formula is C24H29N3O4. The summed E-state index contributed by atoms with van der Waals surface area (Å²) in [6.07, 6.45) is 0. The molecule has 0 unspecified atom stereocenters. The van der Waals surface area contributed by atoms with Crippen LogP contribution in [0.25, 0.3) is 0 Å². The highest BCUT2D eigenvalue weighted by atomic mass is 16.5. The SMILES string of the molecule is COc1cc(C(=O)N(C)Cc2ccc(N(C)C)cc2)ccc1OCc1c(C)noc1C. The van der Waals surface area contributed by atoms with Crippen molar-refractivity contribution < 1.29 is 18.8 Å². The van der Waals surface area contributed by atoms with Crippen LogP contribution in [-0.2, 0) is 13.2 Å². The molecule has 3 rings (SSSR count). The molecule has 0 aliphatic carbocycles. The molecule has 2 aromatic carbocycles. The van der Waals surface area contributed by atoms with Crippen molar-refractivity contribution in [1.29, 1.82) is 0 Å². The molecule has 0 aliphatic heterocycles. The molecule has 1 heterocycles. The third-order valence-corrected chi connectivity index (χ3v) is 5.18. The van der Waals surface area contributed by atoms with Gasteiger partial charge >= 0.3 is 0 Å². The van der Waals surface area contributed by atoms with Gasteiger partial charge in [0.2, 0.25) is 0 Å². The van der Waals surface area contributed by atoms with Crippen molar-refractivity contribution in [3.05, 3.63) is 70.6 Å². The van der Waals surface area contributed by atoms with Gasteiger partial charge in [0.25, 0.3) is 5.91 Å². The Morgan fingerprint density at radius 3 is 2.32 bits per heavy atom. The second-order valence-corrected chi connectivity index (χ2v) is 7.68. The van der Waals surface area contributed by atoms with Crippen LogP contribution in [0.5, 0.6) is 11.5 Å². The van der Waals surface area contributed by atoms with Gasteiger partial charge in [0.15, 0.2) is 11.5 Å². The fourth-order valence-corrected chi connectivity index (χ4v) is 3.24. The smallest absolute Gasteiger partial charge is 0.254 e. The quantitative estimate of drug-likeness (QED) is 0.540. The highest BCUT2D eigenvalue weighted by molar-refractivity contribution is 5.94. The minimum Gasteiger partial charge on any atom is -0.493 e. The maximum atomic E-state index is 12.9. The number of methoxy groups -OCH3 is 1. The van der Waals surface area contributed by atoms with E-state index in [1.54, 1.807) is 37.3 Å². The van der Waals surface area contributed by atoms with E-state index >= 15 is 0 Å². The van der Waals surface area contributed by atoms with Crippen molar-refractivity contribution in [2.75, 3.05) is 33.2 Å². The monoisotopic (exact) mass is 423 g/mol. The van der Waals surface area contributed by atoms with E-state index in [1.165, 1.54) is 0 Å². The zero-order valence-electron chi connectivity index (χ0n) is 18.9. The topological polar surface area (TPSA) is 68.0 Å². The van der Waals surface area contributed by atoms with Gasteiger partial charge in [-0.15, -0.1) is 0 Å². The number of carbonyl (C=O) groups is 1. The first-order valence-corrected chi connectivity index (χ1v) is 10.0. The molecule has 0 saturated carbocycles. The van der Waals surface area contributed by atoms with Crippen LogP contribution in [0, 0.1) is 13.8 Å². The number of amides is 1. The normalized spacial score (nSPS) is 10.6. The lowest BCUT2D eigenvalue weighted by Gasteiger charge is -2.19. The number of ether oxygens (including phenoxy) is 2. The predicted molar refractivity (Wildman–Crippen MR) is 120 cm³/mol. The van der Waals surface area contributed by atoms with Gasteiger partial charge in [0, 0.05) is 38.9 Å². The molecule has 0 radical (unpaired) electrons. The number of aromatic nitrogens is 1. The summed E-state index contributed by atoms with van der Waals surface area (Å²) in [6.45, 7) is 4.55. The van der Waals surface area contributed by atoms with E-state index in [0.717, 1.165) is 28.3 Å². The molecule has 3 aromatic rings. The van der Waals surface area contributed by atoms with E-state index in [4.69, 9.17) is 14.0 Å². The van der Waals surface area contributed by atoms with Gasteiger partial charge in [-0.05, 0) is 49.7 Å². The number of hydrogen-bond acceptors (Lipinski definition) is 6. The van der Waals surface area contributed by atoms with E-state index in [-0.39, 0.29) is 5.91 Å². The van der Waals surface area contributed by atoms with Crippen LogP contribution in [-0.4, -0.2) is 44.2 Å². The Labute approximate surface area is 183 Å². The molecule has 1 amide bonds. The molecule has 1 aromatic heterocycles. The summed E-state index contributed by atoms with van der Waals surface area (Å²) in [5, 5.41) is 3.94. The number of hydrogen-bond donors (Lipinski definition) is 0. The maximum Gasteiger partial charge on any atom is 0.254 e. The molecular weight excluding hydrogens is 394 g/mol. The Balaban J connectivity index is 1.69. The fraction of sp³-hybridized carbons (Fsp3) is 0.333. The summed E-state index contributed by atoms with van der Waals surface area (Å²) >= 11 is 0. The Hall–Kier alpha value is -3.48. The van der Waals surface area contributed by atoms with Crippen molar-refractivity contribution in [1.82, 2.24) is 10.1 Å².